The third-order valence-electron chi connectivity index (χ3n) is 11.1. The highest BCUT2D eigenvalue weighted by atomic mass is 16.8. The van der Waals surface area contributed by atoms with Crippen LogP contribution in [-0.4, -0.2) is 263 Å². The molecule has 5 aliphatic heterocycles. The molecule has 5 saturated heterocycles. The Hall–Kier alpha value is -1.98. The third kappa shape index (κ3) is 10.9. The van der Waals surface area contributed by atoms with Crippen LogP contribution in [0.3, 0.4) is 0 Å². The van der Waals surface area contributed by atoms with Gasteiger partial charge in [0.15, 0.2) is 31.5 Å². The molecule has 0 saturated carbocycles. The lowest BCUT2D eigenvalue weighted by molar-refractivity contribution is -0.372. The highest BCUT2D eigenvalue weighted by Crippen LogP contribution is 2.34. The summed E-state index contributed by atoms with van der Waals surface area (Å²) in [5.41, 5.74) is 0. The molecule has 0 bridgehead atoms. The summed E-state index contributed by atoms with van der Waals surface area (Å²) in [7, 11) is 0. The van der Waals surface area contributed by atoms with E-state index in [4.69, 9.17) is 42.6 Å². The van der Waals surface area contributed by atoms with Gasteiger partial charge in [0.25, 0.3) is 0 Å². The van der Waals surface area contributed by atoms with Crippen molar-refractivity contribution in [3.05, 3.63) is 0 Å². The van der Waals surface area contributed by atoms with Crippen LogP contribution in [0.1, 0.15) is 20.8 Å². The van der Waals surface area contributed by atoms with Gasteiger partial charge in [-0.15, -0.1) is 0 Å². The standard InChI is InChI=1S/C34H58N2O25/c1-8-17(42)22(47)25(50)32(54-8)61-29-24(49)19(44)12(5-38)57-34(29)53-7-14-20(45)28(16(30(52)55-14)36-10(3)41)60-31-15(35-9(2)40)21(46)27(13(6-39)58-31)59-33-26(51)23(48)18(43)11(4-37)56-33/h8,11-34,37-39,42-52H,4-7H2,1-3H3,(H,35,40)(H,36,41)/t8-,11+,12+,13+,14+,15+,16+,17+,18-,19-,20-,21+,22+,23-,24-,25-,26+,27+,28+,29+,30?,31-,32-,33-,34+/m0/s1. The van der Waals surface area contributed by atoms with Crippen LogP contribution < -0.4 is 10.6 Å². The summed E-state index contributed by atoms with van der Waals surface area (Å²) in [5.74, 6) is -1.54. The fourth-order valence-corrected chi connectivity index (χ4v) is 7.66. The van der Waals surface area contributed by atoms with Crippen molar-refractivity contribution in [3.63, 3.8) is 0 Å². The molecule has 27 nitrogen and oxygen atoms in total. The molecule has 0 aromatic heterocycles. The number of hydrogen-bond donors (Lipinski definition) is 16. The summed E-state index contributed by atoms with van der Waals surface area (Å²) in [6, 6.07) is -3.28. The van der Waals surface area contributed by atoms with Crippen LogP contribution in [0.5, 0.6) is 0 Å². The zero-order valence-corrected chi connectivity index (χ0v) is 33.0. The smallest absolute Gasteiger partial charge is 0.217 e. The largest absolute Gasteiger partial charge is 0.394 e. The molecule has 25 atom stereocenters. The molecule has 0 spiro atoms. The molecule has 5 rings (SSSR count). The monoisotopic (exact) mass is 894 g/mol. The van der Waals surface area contributed by atoms with Crippen LogP contribution >= 0.6 is 0 Å². The van der Waals surface area contributed by atoms with Gasteiger partial charge in [-0.05, 0) is 6.92 Å². The molecule has 2 amide bonds. The van der Waals surface area contributed by atoms with Crippen molar-refractivity contribution in [3.8, 4) is 0 Å². The number of nitrogens with one attached hydrogen (secondary N) is 2. The lowest BCUT2D eigenvalue weighted by Crippen LogP contribution is -2.70. The molecule has 27 heteroatoms. The van der Waals surface area contributed by atoms with E-state index in [0.29, 0.717) is 0 Å². The van der Waals surface area contributed by atoms with Gasteiger partial charge >= 0.3 is 0 Å². The summed E-state index contributed by atoms with van der Waals surface area (Å²) in [4.78, 5) is 24.7. The number of carbonyl (C=O) groups excluding carboxylic acids is 2. The third-order valence-corrected chi connectivity index (χ3v) is 11.1. The van der Waals surface area contributed by atoms with Crippen molar-refractivity contribution in [2.45, 2.75) is 174 Å². The first-order chi connectivity index (χ1) is 28.7. The minimum absolute atomic E-state index is 0.760. The molecule has 0 aromatic rings. The lowest BCUT2D eigenvalue weighted by Gasteiger charge is -2.49. The molecule has 0 aliphatic carbocycles. The number of ether oxygens (including phenoxy) is 9. The van der Waals surface area contributed by atoms with Crippen LogP contribution in [0.25, 0.3) is 0 Å². The molecule has 5 heterocycles. The average molecular weight is 895 g/mol. The normalized spacial score (nSPS) is 49.6. The molecule has 0 radical (unpaired) electrons. The predicted molar refractivity (Wildman–Crippen MR) is 188 cm³/mol. The van der Waals surface area contributed by atoms with E-state index in [1.165, 1.54) is 6.92 Å². The van der Waals surface area contributed by atoms with Crippen LogP contribution in [0, 0.1) is 0 Å². The highest BCUT2D eigenvalue weighted by Gasteiger charge is 2.56. The Balaban J connectivity index is 1.36. The predicted octanol–water partition coefficient (Wildman–Crippen LogP) is -10.6. The van der Waals surface area contributed by atoms with E-state index in [1.54, 1.807) is 0 Å². The Morgan fingerprint density at radius 2 is 0.934 bits per heavy atom. The zero-order valence-electron chi connectivity index (χ0n) is 33.0. The Labute approximate surface area is 346 Å². The first kappa shape index (κ1) is 50.0. The van der Waals surface area contributed by atoms with E-state index in [-0.39, 0.29) is 0 Å². The van der Waals surface area contributed by atoms with E-state index in [0.717, 1.165) is 13.8 Å². The zero-order chi connectivity index (χ0) is 45.2. The first-order valence-electron chi connectivity index (χ1n) is 19.4. The van der Waals surface area contributed by atoms with E-state index in [1.807, 2.05) is 0 Å². The number of amides is 2. The molecule has 61 heavy (non-hydrogen) atoms. The minimum atomic E-state index is -2.01. The first-order valence-corrected chi connectivity index (χ1v) is 19.4. The molecule has 0 aromatic carbocycles. The maximum atomic E-state index is 12.4. The molecule has 354 valence electrons. The summed E-state index contributed by atoms with van der Waals surface area (Å²) in [5, 5.41) is 152. The van der Waals surface area contributed by atoms with E-state index >= 15 is 0 Å². The molecule has 5 aliphatic rings. The number of aliphatic hydroxyl groups is 14. The van der Waals surface area contributed by atoms with Crippen LogP contribution in [0.15, 0.2) is 0 Å². The van der Waals surface area contributed by atoms with Gasteiger partial charge in [-0.1, -0.05) is 0 Å². The number of aliphatic hydroxyl groups excluding tert-OH is 14. The van der Waals surface area contributed by atoms with Crippen LogP contribution in [0.2, 0.25) is 0 Å². The molecule has 5 fully saturated rings. The topological polar surface area (TPSA) is 424 Å². The second kappa shape index (κ2) is 21.3. The Kier molecular flexibility index (Phi) is 17.5. The van der Waals surface area contributed by atoms with Gasteiger partial charge in [0.05, 0.1) is 32.5 Å². The van der Waals surface area contributed by atoms with Gasteiger partial charge in [0, 0.05) is 13.8 Å². The molecule has 1 unspecified atom stereocenters. The lowest BCUT2D eigenvalue weighted by atomic mass is 9.94. The quantitative estimate of drug-likeness (QED) is 0.0770. The van der Waals surface area contributed by atoms with Gasteiger partial charge in [-0.3, -0.25) is 9.59 Å². The SMILES string of the molecule is CC(=O)N[C@H]1[C@H](O[C@H]2[C@@H](O)[C@@H](CO[C@@H]3O[C@H](CO)[C@H](O)[C@H](O)[C@H]3O[C@@H]3O[C@@H](C)[C@@H](O)[C@@H](O)[C@@H]3O)OC(O)[C@@H]2NC(C)=O)O[C@H](CO)[C@@H](O[C@@H]2O[C@H](CO)[C@H](O)[C@H](O)[C@H]2O)[C@@H]1O. The fraction of sp³-hybridized carbons (Fsp3) is 0.941. The van der Waals surface area contributed by atoms with Crippen molar-refractivity contribution >= 4 is 11.8 Å². The van der Waals surface area contributed by atoms with Crippen LogP contribution in [0.4, 0.5) is 0 Å². The number of carbonyl (C=O) groups is 2. The van der Waals surface area contributed by atoms with E-state index in [9.17, 15) is 81.1 Å². The van der Waals surface area contributed by atoms with Gasteiger partial charge in [0.1, 0.15) is 116 Å². The maximum absolute atomic E-state index is 12.4. The number of hydrogen-bond acceptors (Lipinski definition) is 25. The summed E-state index contributed by atoms with van der Waals surface area (Å²) in [6.45, 7) is 0.0424. The van der Waals surface area contributed by atoms with Crippen molar-refractivity contribution in [1.82, 2.24) is 10.6 Å². The maximum Gasteiger partial charge on any atom is 0.217 e. The molecular weight excluding hydrogens is 836 g/mol. The van der Waals surface area contributed by atoms with Crippen molar-refractivity contribution < 1.29 is 124 Å². The fourth-order valence-electron chi connectivity index (χ4n) is 7.66. The summed E-state index contributed by atoms with van der Waals surface area (Å²) < 4.78 is 51.1. The van der Waals surface area contributed by atoms with E-state index < -0.39 is 192 Å². The van der Waals surface area contributed by atoms with Crippen LogP contribution in [-0.2, 0) is 52.2 Å². The summed E-state index contributed by atoms with van der Waals surface area (Å²) in [6.07, 6.45) is -40.1. The van der Waals surface area contributed by atoms with Gasteiger partial charge < -0.3 is 125 Å². The van der Waals surface area contributed by atoms with Gasteiger partial charge in [0.2, 0.25) is 11.8 Å². The molecule has 16 N–H and O–H groups in total. The van der Waals surface area contributed by atoms with Gasteiger partial charge in [-0.25, -0.2) is 0 Å². The Bertz CT molecular complexity index is 1420. The highest BCUT2D eigenvalue weighted by molar-refractivity contribution is 5.73. The van der Waals surface area contributed by atoms with Crippen molar-refractivity contribution in [2.75, 3.05) is 26.4 Å². The second-order valence-electron chi connectivity index (χ2n) is 15.4. The van der Waals surface area contributed by atoms with E-state index in [2.05, 4.69) is 10.6 Å². The average Bonchev–Trinajstić information content (AvgIpc) is 3.21. The van der Waals surface area contributed by atoms with Crippen molar-refractivity contribution in [2.24, 2.45) is 0 Å². The Morgan fingerprint density at radius 1 is 0.459 bits per heavy atom. The van der Waals surface area contributed by atoms with Gasteiger partial charge in [-0.2, -0.15) is 0 Å². The Morgan fingerprint density at radius 3 is 1.51 bits per heavy atom. The number of rotatable bonds is 14. The minimum Gasteiger partial charge on any atom is -0.394 e. The van der Waals surface area contributed by atoms with Crippen molar-refractivity contribution in [1.29, 1.82) is 0 Å². The second-order valence-corrected chi connectivity index (χ2v) is 15.4. The summed E-state index contributed by atoms with van der Waals surface area (Å²) >= 11 is 0. The molecular formula is C34H58N2O25.